The van der Waals surface area contributed by atoms with Crippen LogP contribution >= 0.6 is 0 Å². The minimum Gasteiger partial charge on any atom is -0.422 e. The Balaban J connectivity index is 2.94. The van der Waals surface area contributed by atoms with Crippen LogP contribution < -0.4 is 0 Å². The molecule has 0 amide bonds. The zero-order valence-electron chi connectivity index (χ0n) is 6.63. The van der Waals surface area contributed by atoms with Crippen LogP contribution in [0.1, 0.15) is 13.8 Å². The van der Waals surface area contributed by atoms with Gasteiger partial charge in [0, 0.05) is 6.08 Å². The molecule has 0 atom stereocenters. The lowest BCUT2D eigenvalue weighted by atomic mass is 9.76. The van der Waals surface area contributed by atoms with Crippen molar-refractivity contribution in [1.82, 2.24) is 0 Å². The fourth-order valence-electron chi connectivity index (χ4n) is 1.07. The molecular formula is C8H10BO2+. The Labute approximate surface area is 66.7 Å². The van der Waals surface area contributed by atoms with Gasteiger partial charge in [-0.15, -0.1) is 0 Å². The van der Waals surface area contributed by atoms with Crippen molar-refractivity contribution in [2.75, 3.05) is 0 Å². The minimum atomic E-state index is -1.37. The Morgan fingerprint density at radius 1 is 1.27 bits per heavy atom. The first-order valence-corrected chi connectivity index (χ1v) is 3.46. The standard InChI is InChI=1S/C8H10BO2/c1-6-3-7(2)5-8(4-6)9(10)11/h4-5,10-11H,1-2H3/q+1. The van der Waals surface area contributed by atoms with E-state index in [0.29, 0.717) is 5.47 Å². The first-order valence-electron chi connectivity index (χ1n) is 3.46. The summed E-state index contributed by atoms with van der Waals surface area (Å²) in [4.78, 5) is 0. The maximum Gasteiger partial charge on any atom is 0.517 e. The first-order chi connectivity index (χ1) is 5.09. The lowest BCUT2D eigenvalue weighted by molar-refractivity contribution is 0.420. The van der Waals surface area contributed by atoms with Crippen molar-refractivity contribution in [1.29, 1.82) is 0 Å². The van der Waals surface area contributed by atoms with E-state index < -0.39 is 7.12 Å². The summed E-state index contributed by atoms with van der Waals surface area (Å²) in [5.74, 6) is 0. The van der Waals surface area contributed by atoms with E-state index in [-0.39, 0.29) is 0 Å². The van der Waals surface area contributed by atoms with Crippen LogP contribution in [0.15, 0.2) is 28.8 Å². The topological polar surface area (TPSA) is 40.5 Å². The lowest BCUT2D eigenvalue weighted by Crippen LogP contribution is -2.15. The predicted octanol–water partition coefficient (Wildman–Crippen LogP) is 0.634. The van der Waals surface area contributed by atoms with Crippen molar-refractivity contribution < 1.29 is 10.0 Å². The Morgan fingerprint density at radius 3 is 2.36 bits per heavy atom. The maximum atomic E-state index is 8.81. The molecule has 0 aromatic rings. The van der Waals surface area contributed by atoms with Gasteiger partial charge in [-0.1, -0.05) is 0 Å². The van der Waals surface area contributed by atoms with Crippen molar-refractivity contribution >= 4 is 7.12 Å². The van der Waals surface area contributed by atoms with Crippen LogP contribution in [0, 0.1) is 6.08 Å². The van der Waals surface area contributed by atoms with Crippen LogP contribution in [0.4, 0.5) is 0 Å². The highest BCUT2D eigenvalue weighted by atomic mass is 16.4. The molecule has 11 heavy (non-hydrogen) atoms. The zero-order valence-corrected chi connectivity index (χ0v) is 6.63. The van der Waals surface area contributed by atoms with Gasteiger partial charge in [-0.3, -0.25) is 0 Å². The summed E-state index contributed by atoms with van der Waals surface area (Å²) in [5, 5.41) is 17.6. The molecule has 1 aliphatic carbocycles. The molecule has 0 heterocycles. The molecule has 3 heteroatoms. The van der Waals surface area contributed by atoms with Gasteiger partial charge in [-0.05, 0) is 13.8 Å². The van der Waals surface area contributed by atoms with Crippen LogP contribution in [-0.4, -0.2) is 17.2 Å². The summed E-state index contributed by atoms with van der Waals surface area (Å²) in [7, 11) is -1.37. The summed E-state index contributed by atoms with van der Waals surface area (Å²) in [6.45, 7) is 3.75. The van der Waals surface area contributed by atoms with Crippen LogP contribution in [-0.2, 0) is 0 Å². The SMILES string of the molecule is CC1=[C+]C(C)=CC(B(O)O)=C1. The second kappa shape index (κ2) is 3.01. The third-order valence-electron chi connectivity index (χ3n) is 1.46. The smallest absolute Gasteiger partial charge is 0.422 e. The first kappa shape index (κ1) is 8.21. The van der Waals surface area contributed by atoms with Crippen molar-refractivity contribution in [2.24, 2.45) is 0 Å². The number of hydrogen-bond acceptors (Lipinski definition) is 2. The van der Waals surface area contributed by atoms with Crippen LogP contribution in [0.3, 0.4) is 0 Å². The molecule has 1 aliphatic rings. The van der Waals surface area contributed by atoms with E-state index in [0.717, 1.165) is 11.1 Å². The van der Waals surface area contributed by atoms with Gasteiger partial charge in [0.05, 0.1) is 17.6 Å². The molecule has 0 aromatic carbocycles. The summed E-state index contributed by atoms with van der Waals surface area (Å²) in [5.41, 5.74) is 2.37. The van der Waals surface area contributed by atoms with E-state index in [1.54, 1.807) is 12.2 Å². The Hall–Kier alpha value is -0.885. The van der Waals surface area contributed by atoms with Crippen LogP contribution in [0.5, 0.6) is 0 Å². The molecule has 1 rings (SSSR count). The van der Waals surface area contributed by atoms with Gasteiger partial charge in [0.2, 0.25) is 0 Å². The number of hydrogen-bond donors (Lipinski definition) is 2. The lowest BCUT2D eigenvalue weighted by Gasteiger charge is -1.97. The molecule has 0 aliphatic heterocycles. The van der Waals surface area contributed by atoms with E-state index in [2.05, 4.69) is 6.08 Å². The molecule has 56 valence electrons. The van der Waals surface area contributed by atoms with Gasteiger partial charge in [-0.25, -0.2) is 0 Å². The molecule has 0 aromatic heterocycles. The normalized spacial score (nSPS) is 16.2. The maximum absolute atomic E-state index is 8.81. The minimum absolute atomic E-state index is 0.527. The van der Waals surface area contributed by atoms with Gasteiger partial charge < -0.3 is 10.0 Å². The molecule has 0 fully saturated rings. The predicted molar refractivity (Wildman–Crippen MR) is 44.5 cm³/mol. The number of allylic oxidation sites excluding steroid dienone is 6. The van der Waals surface area contributed by atoms with Crippen molar-refractivity contribution in [3.05, 3.63) is 34.8 Å². The monoisotopic (exact) mass is 149 g/mol. The van der Waals surface area contributed by atoms with E-state index in [9.17, 15) is 0 Å². The molecular weight excluding hydrogens is 139 g/mol. The van der Waals surface area contributed by atoms with Gasteiger partial charge in [0.1, 0.15) is 11.1 Å². The van der Waals surface area contributed by atoms with Gasteiger partial charge >= 0.3 is 7.12 Å². The number of rotatable bonds is 1. The van der Waals surface area contributed by atoms with Crippen molar-refractivity contribution in [2.45, 2.75) is 13.8 Å². The molecule has 0 saturated carbocycles. The van der Waals surface area contributed by atoms with Gasteiger partial charge in [0.15, 0.2) is 0 Å². The van der Waals surface area contributed by atoms with E-state index in [1.807, 2.05) is 13.8 Å². The molecule has 2 nitrogen and oxygen atoms in total. The van der Waals surface area contributed by atoms with E-state index >= 15 is 0 Å². The quantitative estimate of drug-likeness (QED) is 0.424. The summed E-state index contributed by atoms with van der Waals surface area (Å²) in [6, 6.07) is 0. The Morgan fingerprint density at radius 2 is 1.91 bits per heavy atom. The summed E-state index contributed by atoms with van der Waals surface area (Å²) < 4.78 is 0. The zero-order chi connectivity index (χ0) is 8.43. The Bertz CT molecular complexity index is 246. The van der Waals surface area contributed by atoms with Crippen molar-refractivity contribution in [3.8, 4) is 0 Å². The molecule has 0 radical (unpaired) electrons. The third-order valence-corrected chi connectivity index (χ3v) is 1.46. The third kappa shape index (κ3) is 2.02. The molecule has 0 unspecified atom stereocenters. The van der Waals surface area contributed by atoms with Crippen molar-refractivity contribution in [3.63, 3.8) is 0 Å². The molecule has 2 N–H and O–H groups in total. The van der Waals surface area contributed by atoms with Crippen LogP contribution in [0.2, 0.25) is 0 Å². The van der Waals surface area contributed by atoms with Gasteiger partial charge in [0.25, 0.3) is 0 Å². The van der Waals surface area contributed by atoms with E-state index in [4.69, 9.17) is 10.0 Å². The molecule has 0 bridgehead atoms. The highest BCUT2D eigenvalue weighted by Crippen LogP contribution is 2.15. The van der Waals surface area contributed by atoms with Crippen LogP contribution in [0.25, 0.3) is 0 Å². The summed E-state index contributed by atoms with van der Waals surface area (Å²) >= 11 is 0. The highest BCUT2D eigenvalue weighted by Gasteiger charge is 2.21. The van der Waals surface area contributed by atoms with E-state index in [1.165, 1.54) is 0 Å². The fourth-order valence-corrected chi connectivity index (χ4v) is 1.07. The molecule has 0 saturated heterocycles. The fraction of sp³-hybridized carbons (Fsp3) is 0.250. The van der Waals surface area contributed by atoms with Gasteiger partial charge in [-0.2, -0.15) is 0 Å². The largest absolute Gasteiger partial charge is 0.517 e. The summed E-state index contributed by atoms with van der Waals surface area (Å²) in [6.07, 6.45) is 6.46. The highest BCUT2D eigenvalue weighted by molar-refractivity contribution is 6.52. The average molecular weight is 149 g/mol. The second-order valence-electron chi connectivity index (χ2n) is 2.65. The second-order valence-corrected chi connectivity index (χ2v) is 2.65. The molecule has 0 spiro atoms. The Kier molecular flexibility index (Phi) is 2.25. The average Bonchev–Trinajstić information content (AvgIpc) is 1.85.